The standard InChI is InChI=1S/C29H37BN6O3/c1-21-9-11-23(12-10-21)17-26(30-38-28(2,3)29(4,5)39-30)35-27(37)33-14-13-22-7-6-8-24(15-22)16-25(18-31)36-20-32-19-34-36/h6-9,11,15-16,19-20,26H,10,12-14,17H2,1-5H3,(H2,33,35,37)/t26-/m0/s1. The minimum atomic E-state index is -0.545. The van der Waals surface area contributed by atoms with E-state index in [1.54, 1.807) is 6.08 Å². The number of benzene rings is 1. The fraction of sp³-hybridized carbons (Fsp3) is 0.448. The summed E-state index contributed by atoms with van der Waals surface area (Å²) in [6.45, 7) is 10.7. The number of nitrogens with one attached hydrogen (secondary N) is 2. The van der Waals surface area contributed by atoms with E-state index in [2.05, 4.69) is 45.9 Å². The zero-order valence-corrected chi connectivity index (χ0v) is 23.4. The zero-order chi connectivity index (χ0) is 28.0. The molecular formula is C29H37BN6O3. The van der Waals surface area contributed by atoms with Crippen molar-refractivity contribution in [3.63, 3.8) is 0 Å². The van der Waals surface area contributed by atoms with Crippen molar-refractivity contribution in [2.45, 2.75) is 77.4 Å². The van der Waals surface area contributed by atoms with Crippen molar-refractivity contribution in [1.29, 1.82) is 5.26 Å². The van der Waals surface area contributed by atoms with Gasteiger partial charge in [0, 0.05) is 6.54 Å². The van der Waals surface area contributed by atoms with Crippen LogP contribution >= 0.6 is 0 Å². The van der Waals surface area contributed by atoms with Crippen LogP contribution in [0.4, 0.5) is 4.79 Å². The zero-order valence-electron chi connectivity index (χ0n) is 23.4. The third-order valence-electron chi connectivity index (χ3n) is 7.58. The Morgan fingerprint density at radius 1 is 1.23 bits per heavy atom. The van der Waals surface area contributed by atoms with E-state index in [1.165, 1.54) is 28.5 Å². The third-order valence-corrected chi connectivity index (χ3v) is 7.58. The summed E-state index contributed by atoms with van der Waals surface area (Å²) in [7, 11) is -0.545. The molecule has 2 aliphatic rings. The third kappa shape index (κ3) is 7.25. The van der Waals surface area contributed by atoms with Crippen LogP contribution in [0.25, 0.3) is 11.8 Å². The SMILES string of the molecule is CC1=CC=C(C[C@H](NC(=O)NCCc2cccc(C=C(C#N)n3cncn3)c2)B2OC(C)(C)C(C)(C)O2)CC1. The highest BCUT2D eigenvalue weighted by Gasteiger charge is 2.54. The lowest BCUT2D eigenvalue weighted by molar-refractivity contribution is 0.00578. The largest absolute Gasteiger partial charge is 0.482 e. The fourth-order valence-electron chi connectivity index (χ4n) is 4.52. The number of carbonyl (C=O) groups excluding carboxylic acids is 1. The van der Waals surface area contributed by atoms with E-state index < -0.39 is 18.3 Å². The Kier molecular flexibility index (Phi) is 8.73. The van der Waals surface area contributed by atoms with Crippen molar-refractivity contribution in [3.05, 3.63) is 71.3 Å². The lowest BCUT2D eigenvalue weighted by Crippen LogP contribution is -2.51. The molecule has 9 nitrogen and oxygen atoms in total. The maximum Gasteiger partial charge on any atom is 0.482 e. The molecule has 0 radical (unpaired) electrons. The minimum absolute atomic E-state index is 0.258. The second kappa shape index (κ2) is 12.0. The number of hydrogen-bond acceptors (Lipinski definition) is 6. The van der Waals surface area contributed by atoms with Crippen molar-refractivity contribution in [3.8, 4) is 6.07 Å². The second-order valence-corrected chi connectivity index (χ2v) is 11.1. The molecule has 0 spiro atoms. The molecule has 4 rings (SSSR count). The Morgan fingerprint density at radius 3 is 2.64 bits per heavy atom. The summed E-state index contributed by atoms with van der Waals surface area (Å²) in [6.07, 6.45) is 12.2. The Hall–Kier alpha value is -3.68. The lowest BCUT2D eigenvalue weighted by atomic mass is 9.73. The molecule has 1 aliphatic heterocycles. The molecule has 0 bridgehead atoms. The van der Waals surface area contributed by atoms with E-state index in [1.807, 2.05) is 52.0 Å². The molecule has 10 heteroatoms. The number of aromatic nitrogens is 3. The van der Waals surface area contributed by atoms with Gasteiger partial charge in [-0.05, 0) is 77.5 Å². The number of nitrogens with zero attached hydrogens (tertiary/aromatic N) is 4. The molecule has 2 N–H and O–H groups in total. The van der Waals surface area contributed by atoms with E-state index >= 15 is 0 Å². The molecule has 2 heterocycles. The molecule has 0 unspecified atom stereocenters. The number of nitriles is 1. The summed E-state index contributed by atoms with van der Waals surface area (Å²) >= 11 is 0. The predicted octanol–water partition coefficient (Wildman–Crippen LogP) is 4.70. The first kappa shape index (κ1) is 28.3. The van der Waals surface area contributed by atoms with Crippen LogP contribution in [0.15, 0.2) is 60.2 Å². The van der Waals surface area contributed by atoms with E-state index in [9.17, 15) is 10.1 Å². The van der Waals surface area contributed by atoms with Crippen molar-refractivity contribution in [1.82, 2.24) is 25.4 Å². The molecule has 0 saturated carbocycles. The van der Waals surface area contributed by atoms with Gasteiger partial charge in [-0.1, -0.05) is 47.6 Å². The maximum atomic E-state index is 13.0. The average molecular weight is 528 g/mol. The molecule has 39 heavy (non-hydrogen) atoms. The van der Waals surface area contributed by atoms with Gasteiger partial charge in [-0.2, -0.15) is 10.4 Å². The first-order valence-electron chi connectivity index (χ1n) is 13.4. The van der Waals surface area contributed by atoms with Crippen molar-refractivity contribution >= 4 is 24.9 Å². The van der Waals surface area contributed by atoms with E-state index in [0.29, 0.717) is 25.1 Å². The fourth-order valence-corrected chi connectivity index (χ4v) is 4.52. The van der Waals surface area contributed by atoms with Crippen LogP contribution in [0.5, 0.6) is 0 Å². The van der Waals surface area contributed by atoms with Crippen LogP contribution in [0.3, 0.4) is 0 Å². The number of carbonyl (C=O) groups is 1. The van der Waals surface area contributed by atoms with Crippen LogP contribution < -0.4 is 10.6 Å². The molecule has 1 aromatic carbocycles. The molecule has 1 saturated heterocycles. The predicted molar refractivity (Wildman–Crippen MR) is 152 cm³/mol. The number of allylic oxidation sites excluding steroid dienone is 4. The summed E-state index contributed by atoms with van der Waals surface area (Å²) in [5.41, 5.74) is 3.95. The van der Waals surface area contributed by atoms with Gasteiger partial charge in [0.2, 0.25) is 0 Å². The summed E-state index contributed by atoms with van der Waals surface area (Å²) in [6, 6.07) is 9.72. The molecule has 1 fully saturated rings. The van der Waals surface area contributed by atoms with Crippen molar-refractivity contribution < 1.29 is 14.1 Å². The van der Waals surface area contributed by atoms with E-state index in [-0.39, 0.29) is 12.0 Å². The van der Waals surface area contributed by atoms with E-state index in [0.717, 1.165) is 24.0 Å². The Morgan fingerprint density at radius 2 is 2.00 bits per heavy atom. The Balaban J connectivity index is 1.37. The van der Waals surface area contributed by atoms with Crippen LogP contribution in [-0.2, 0) is 15.7 Å². The summed E-state index contributed by atoms with van der Waals surface area (Å²) < 4.78 is 14.0. The topological polar surface area (TPSA) is 114 Å². The normalized spacial score (nSPS) is 19.1. The monoisotopic (exact) mass is 528 g/mol. The first-order valence-corrected chi connectivity index (χ1v) is 13.4. The number of amides is 2. The van der Waals surface area contributed by atoms with Gasteiger partial charge in [-0.3, -0.25) is 0 Å². The molecule has 1 atom stereocenters. The van der Waals surface area contributed by atoms with Gasteiger partial charge < -0.3 is 19.9 Å². The van der Waals surface area contributed by atoms with Gasteiger partial charge >= 0.3 is 13.1 Å². The van der Waals surface area contributed by atoms with Gasteiger partial charge in [0.25, 0.3) is 0 Å². The van der Waals surface area contributed by atoms with Crippen LogP contribution in [0, 0.1) is 11.3 Å². The summed E-state index contributed by atoms with van der Waals surface area (Å²) in [4.78, 5) is 16.9. The summed E-state index contributed by atoms with van der Waals surface area (Å²) in [5, 5.41) is 19.6. The molecule has 1 aromatic heterocycles. The van der Waals surface area contributed by atoms with Crippen LogP contribution in [0.1, 0.15) is 65.0 Å². The Bertz CT molecular complexity index is 1290. The number of rotatable bonds is 9. The van der Waals surface area contributed by atoms with Crippen LogP contribution in [-0.4, -0.2) is 51.6 Å². The maximum absolute atomic E-state index is 13.0. The minimum Gasteiger partial charge on any atom is -0.402 e. The molecule has 2 amide bonds. The quantitative estimate of drug-likeness (QED) is 0.360. The molecule has 1 aliphatic carbocycles. The molecule has 2 aromatic rings. The van der Waals surface area contributed by atoms with Gasteiger partial charge in [-0.25, -0.2) is 14.5 Å². The van der Waals surface area contributed by atoms with Crippen molar-refractivity contribution in [2.24, 2.45) is 0 Å². The van der Waals surface area contributed by atoms with Gasteiger partial charge in [0.15, 0.2) is 0 Å². The highest BCUT2D eigenvalue weighted by atomic mass is 16.7. The lowest BCUT2D eigenvalue weighted by Gasteiger charge is -2.32. The molecule has 204 valence electrons. The highest BCUT2D eigenvalue weighted by Crippen LogP contribution is 2.38. The summed E-state index contributed by atoms with van der Waals surface area (Å²) in [5.74, 6) is -0.321. The van der Waals surface area contributed by atoms with Crippen molar-refractivity contribution in [2.75, 3.05) is 6.54 Å². The van der Waals surface area contributed by atoms with Gasteiger partial charge in [0.1, 0.15) is 24.4 Å². The van der Waals surface area contributed by atoms with E-state index in [4.69, 9.17) is 9.31 Å². The smallest absolute Gasteiger partial charge is 0.402 e. The van der Waals surface area contributed by atoms with Gasteiger partial charge in [-0.15, -0.1) is 0 Å². The second-order valence-electron chi connectivity index (χ2n) is 11.1. The number of urea groups is 1. The molecular weight excluding hydrogens is 491 g/mol. The van der Waals surface area contributed by atoms with Crippen LogP contribution in [0.2, 0.25) is 0 Å². The Labute approximate surface area is 231 Å². The first-order chi connectivity index (χ1) is 18.6. The highest BCUT2D eigenvalue weighted by molar-refractivity contribution is 6.48. The number of hydrogen-bond donors (Lipinski definition) is 2. The van der Waals surface area contributed by atoms with Gasteiger partial charge in [0.05, 0.1) is 17.1 Å². The average Bonchev–Trinajstić information content (AvgIpc) is 3.49.